The van der Waals surface area contributed by atoms with Gasteiger partial charge in [0.15, 0.2) is 11.5 Å². The number of nitrogens with zero attached hydrogens (tertiary/aromatic N) is 4. The second kappa shape index (κ2) is 5.77. The predicted molar refractivity (Wildman–Crippen MR) is 85.5 cm³/mol. The SMILES string of the molecule is Brc1cc2c(cc1CSc1nc3ncccn3n1)OCCO2. The summed E-state index contributed by atoms with van der Waals surface area (Å²) in [7, 11) is 0. The van der Waals surface area contributed by atoms with Crippen molar-refractivity contribution in [2.24, 2.45) is 0 Å². The van der Waals surface area contributed by atoms with E-state index >= 15 is 0 Å². The molecular weight excluding hydrogens is 368 g/mol. The Kier molecular flexibility index (Phi) is 3.63. The van der Waals surface area contributed by atoms with E-state index in [-0.39, 0.29) is 0 Å². The summed E-state index contributed by atoms with van der Waals surface area (Å²) < 4.78 is 13.8. The summed E-state index contributed by atoms with van der Waals surface area (Å²) in [5, 5.41) is 5.07. The summed E-state index contributed by atoms with van der Waals surface area (Å²) >= 11 is 5.13. The van der Waals surface area contributed by atoms with Crippen LogP contribution >= 0.6 is 27.7 Å². The van der Waals surface area contributed by atoms with Gasteiger partial charge in [-0.3, -0.25) is 0 Å². The molecule has 8 heteroatoms. The van der Waals surface area contributed by atoms with Crippen LogP contribution < -0.4 is 9.47 Å². The quantitative estimate of drug-likeness (QED) is 0.653. The van der Waals surface area contributed by atoms with E-state index in [1.165, 1.54) is 0 Å². The van der Waals surface area contributed by atoms with E-state index in [1.54, 1.807) is 22.5 Å². The Labute approximate surface area is 139 Å². The Bertz CT molecular complexity index is 806. The van der Waals surface area contributed by atoms with Crippen LogP contribution in [0.4, 0.5) is 0 Å². The number of hydrogen-bond acceptors (Lipinski definition) is 6. The summed E-state index contributed by atoms with van der Waals surface area (Å²) in [6, 6.07) is 5.77. The lowest BCUT2D eigenvalue weighted by Gasteiger charge is -2.19. The molecule has 0 spiro atoms. The van der Waals surface area contributed by atoms with Gasteiger partial charge in [0.2, 0.25) is 5.16 Å². The van der Waals surface area contributed by atoms with E-state index in [4.69, 9.17) is 9.47 Å². The Morgan fingerprint density at radius 3 is 2.86 bits per heavy atom. The number of fused-ring (bicyclic) bond motifs is 2. The van der Waals surface area contributed by atoms with Gasteiger partial charge in [-0.15, -0.1) is 5.10 Å². The van der Waals surface area contributed by atoms with Crippen LogP contribution in [0, 0.1) is 0 Å². The Morgan fingerprint density at radius 1 is 1.23 bits per heavy atom. The molecular formula is C14H11BrN4O2S. The summed E-state index contributed by atoms with van der Waals surface area (Å²) in [5.41, 5.74) is 1.11. The molecule has 6 nitrogen and oxygen atoms in total. The third-order valence-electron chi connectivity index (χ3n) is 3.17. The van der Waals surface area contributed by atoms with E-state index in [2.05, 4.69) is 31.0 Å². The van der Waals surface area contributed by atoms with Crippen LogP contribution in [0.2, 0.25) is 0 Å². The lowest BCUT2D eigenvalue weighted by molar-refractivity contribution is 0.171. The normalized spacial score (nSPS) is 13.5. The molecule has 0 saturated carbocycles. The number of aromatic nitrogens is 4. The van der Waals surface area contributed by atoms with Crippen molar-refractivity contribution in [3.8, 4) is 11.5 Å². The number of thioether (sulfide) groups is 1. The van der Waals surface area contributed by atoms with Gasteiger partial charge in [0.25, 0.3) is 5.78 Å². The number of ether oxygens (including phenoxy) is 2. The van der Waals surface area contributed by atoms with Crippen LogP contribution in [0.25, 0.3) is 5.78 Å². The lowest BCUT2D eigenvalue weighted by Crippen LogP contribution is -2.15. The fraction of sp³-hybridized carbons (Fsp3) is 0.214. The first-order chi connectivity index (χ1) is 10.8. The molecule has 0 fully saturated rings. The van der Waals surface area contributed by atoms with E-state index < -0.39 is 0 Å². The van der Waals surface area contributed by atoms with Gasteiger partial charge >= 0.3 is 0 Å². The van der Waals surface area contributed by atoms with Crippen molar-refractivity contribution >= 4 is 33.5 Å². The highest BCUT2D eigenvalue weighted by molar-refractivity contribution is 9.10. The smallest absolute Gasteiger partial charge is 0.253 e. The van der Waals surface area contributed by atoms with Crippen molar-refractivity contribution in [3.63, 3.8) is 0 Å². The zero-order valence-corrected chi connectivity index (χ0v) is 13.8. The molecule has 1 aliphatic rings. The first-order valence-electron chi connectivity index (χ1n) is 6.68. The molecule has 3 aromatic rings. The van der Waals surface area contributed by atoms with Gasteiger partial charge in [-0.2, -0.15) is 4.98 Å². The van der Waals surface area contributed by atoms with Crippen LogP contribution in [0.3, 0.4) is 0 Å². The highest BCUT2D eigenvalue weighted by atomic mass is 79.9. The minimum Gasteiger partial charge on any atom is -0.486 e. The van der Waals surface area contributed by atoms with Crippen LogP contribution in [-0.4, -0.2) is 32.8 Å². The summed E-state index contributed by atoms with van der Waals surface area (Å²) in [6.45, 7) is 1.17. The topological polar surface area (TPSA) is 61.5 Å². The van der Waals surface area contributed by atoms with Crippen molar-refractivity contribution in [1.29, 1.82) is 0 Å². The van der Waals surface area contributed by atoms with Crippen molar-refractivity contribution in [3.05, 3.63) is 40.6 Å². The maximum absolute atomic E-state index is 5.62. The Morgan fingerprint density at radius 2 is 2.05 bits per heavy atom. The first-order valence-corrected chi connectivity index (χ1v) is 8.46. The van der Waals surface area contributed by atoms with Crippen molar-refractivity contribution in [1.82, 2.24) is 19.6 Å². The van der Waals surface area contributed by atoms with Gasteiger partial charge in [-0.25, -0.2) is 9.50 Å². The number of benzene rings is 1. The van der Waals surface area contributed by atoms with E-state index in [1.807, 2.05) is 24.4 Å². The molecule has 0 atom stereocenters. The largest absolute Gasteiger partial charge is 0.486 e. The molecule has 0 amide bonds. The molecule has 0 saturated heterocycles. The van der Waals surface area contributed by atoms with Crippen LogP contribution in [0.5, 0.6) is 11.5 Å². The summed E-state index contributed by atoms with van der Waals surface area (Å²) in [6.07, 6.45) is 3.54. The fourth-order valence-electron chi connectivity index (χ4n) is 2.13. The van der Waals surface area contributed by atoms with Gasteiger partial charge in [0, 0.05) is 22.6 Å². The fourth-order valence-corrected chi connectivity index (χ4v) is 3.60. The lowest BCUT2D eigenvalue weighted by atomic mass is 10.2. The Hall–Kier alpha value is -1.80. The molecule has 0 unspecified atom stereocenters. The third kappa shape index (κ3) is 2.64. The minimum absolute atomic E-state index is 0.584. The third-order valence-corrected chi connectivity index (χ3v) is 4.79. The molecule has 0 aliphatic carbocycles. The second-order valence-corrected chi connectivity index (χ2v) is 6.43. The maximum atomic E-state index is 5.62. The molecule has 0 N–H and O–H groups in total. The average molecular weight is 379 g/mol. The summed E-state index contributed by atoms with van der Waals surface area (Å²) in [4.78, 5) is 8.54. The van der Waals surface area contributed by atoms with Crippen LogP contribution in [0.1, 0.15) is 5.56 Å². The van der Waals surface area contributed by atoms with E-state index in [0.29, 0.717) is 24.1 Å². The molecule has 22 heavy (non-hydrogen) atoms. The van der Waals surface area contributed by atoms with Crippen molar-refractivity contribution in [2.75, 3.05) is 13.2 Å². The van der Waals surface area contributed by atoms with Crippen molar-refractivity contribution in [2.45, 2.75) is 10.9 Å². The highest BCUT2D eigenvalue weighted by Crippen LogP contribution is 2.37. The van der Waals surface area contributed by atoms with Gasteiger partial charge in [0.1, 0.15) is 13.2 Å². The number of halogens is 1. The predicted octanol–water partition coefficient (Wildman–Crippen LogP) is 2.95. The van der Waals surface area contributed by atoms with Gasteiger partial charge in [-0.05, 0) is 23.8 Å². The molecule has 0 radical (unpaired) electrons. The van der Waals surface area contributed by atoms with Gasteiger partial charge < -0.3 is 9.47 Å². The zero-order chi connectivity index (χ0) is 14.9. The molecule has 3 heterocycles. The molecule has 1 aromatic carbocycles. The maximum Gasteiger partial charge on any atom is 0.253 e. The molecule has 2 aromatic heterocycles. The molecule has 112 valence electrons. The molecule has 4 rings (SSSR count). The Balaban J connectivity index is 1.55. The monoisotopic (exact) mass is 378 g/mol. The van der Waals surface area contributed by atoms with Crippen molar-refractivity contribution < 1.29 is 9.47 Å². The van der Waals surface area contributed by atoms with Gasteiger partial charge in [-0.1, -0.05) is 27.7 Å². The highest BCUT2D eigenvalue weighted by Gasteiger charge is 2.15. The number of rotatable bonds is 3. The molecule has 0 bridgehead atoms. The zero-order valence-electron chi connectivity index (χ0n) is 11.4. The van der Waals surface area contributed by atoms with Gasteiger partial charge in [0.05, 0.1) is 0 Å². The first kappa shape index (κ1) is 13.8. The van der Waals surface area contributed by atoms with Crippen LogP contribution in [0.15, 0.2) is 40.2 Å². The second-order valence-electron chi connectivity index (χ2n) is 4.63. The van der Waals surface area contributed by atoms with E-state index in [9.17, 15) is 0 Å². The molecule has 1 aliphatic heterocycles. The van der Waals surface area contributed by atoms with E-state index in [0.717, 1.165) is 27.3 Å². The standard InChI is InChI=1S/C14H11BrN4O2S/c15-10-7-12-11(20-4-5-21-12)6-9(10)8-22-14-17-13-16-2-1-3-19(13)18-14/h1-3,6-7H,4-5,8H2. The minimum atomic E-state index is 0.584. The summed E-state index contributed by atoms with van der Waals surface area (Å²) in [5.74, 6) is 2.90. The average Bonchev–Trinajstić information content (AvgIpc) is 2.95. The number of hydrogen-bond donors (Lipinski definition) is 0. The van der Waals surface area contributed by atoms with Crippen LogP contribution in [-0.2, 0) is 5.75 Å².